The van der Waals surface area contributed by atoms with Gasteiger partial charge in [-0.25, -0.2) is 0 Å². The van der Waals surface area contributed by atoms with E-state index in [9.17, 15) is 14.4 Å². The van der Waals surface area contributed by atoms with Crippen molar-refractivity contribution in [1.29, 1.82) is 0 Å². The maximum absolute atomic E-state index is 12.6. The topological polar surface area (TPSA) is 78.9 Å². The molecule has 0 saturated carbocycles. The third kappa shape index (κ3) is 39.9. The monoisotopic (exact) mass is 739 g/mol. The molecule has 302 valence electrons. The molecular weight excluding hydrogens is 661 g/mol. The Balaban J connectivity index is 4.37. The lowest BCUT2D eigenvalue weighted by molar-refractivity contribution is -0.167. The highest BCUT2D eigenvalue weighted by molar-refractivity contribution is 5.71. The third-order valence-corrected chi connectivity index (χ3v) is 8.70. The molecule has 1 atom stereocenters. The average Bonchev–Trinajstić information content (AvgIpc) is 3.15. The molecule has 0 radical (unpaired) electrons. The van der Waals surface area contributed by atoms with Gasteiger partial charge in [-0.15, -0.1) is 0 Å². The minimum atomic E-state index is -0.796. The molecule has 0 bridgehead atoms. The van der Waals surface area contributed by atoms with Crippen LogP contribution in [0.4, 0.5) is 0 Å². The Kier molecular flexibility index (Phi) is 39.1. The summed E-state index contributed by atoms with van der Waals surface area (Å²) < 4.78 is 16.5. The van der Waals surface area contributed by atoms with Crippen molar-refractivity contribution in [1.82, 2.24) is 0 Å². The predicted octanol–water partition coefficient (Wildman–Crippen LogP) is 13.5. The highest BCUT2D eigenvalue weighted by Crippen LogP contribution is 2.12. The standard InChI is InChI=1S/C47H78O6/c1-4-7-10-13-15-17-19-21-22-23-24-26-27-29-31-34-37-40-46(49)52-43-44(42-51-45(48)39-36-33-12-9-6-3)53-47(50)41-38-35-32-30-28-25-20-18-16-14-11-8-5-2/h7,10,15,17-18,20-22,24,26,29,31,44H,4-6,8-9,11-14,16,19,23,25,27-28,30,32-43H2,1-3H3/b10-7-,17-15-,20-18-,22-21-,26-24-,31-29-. The Morgan fingerprint density at radius 3 is 1.26 bits per heavy atom. The molecule has 0 aliphatic rings. The molecule has 0 saturated heterocycles. The number of rotatable bonds is 37. The number of hydrogen-bond donors (Lipinski definition) is 0. The first kappa shape index (κ1) is 49.9. The molecule has 53 heavy (non-hydrogen) atoms. The van der Waals surface area contributed by atoms with E-state index in [4.69, 9.17) is 14.2 Å². The van der Waals surface area contributed by atoms with Crippen LogP contribution < -0.4 is 0 Å². The van der Waals surface area contributed by atoms with E-state index in [0.717, 1.165) is 103 Å². The van der Waals surface area contributed by atoms with E-state index in [1.165, 1.54) is 38.5 Å². The molecule has 0 amide bonds. The van der Waals surface area contributed by atoms with E-state index in [2.05, 4.69) is 93.7 Å². The minimum absolute atomic E-state index is 0.0982. The molecule has 1 unspecified atom stereocenters. The number of carbonyl (C=O) groups excluding carboxylic acids is 3. The largest absolute Gasteiger partial charge is 0.462 e. The second-order valence-corrected chi connectivity index (χ2v) is 13.9. The molecule has 6 nitrogen and oxygen atoms in total. The van der Waals surface area contributed by atoms with Crippen LogP contribution in [0.5, 0.6) is 0 Å². The normalized spacial score (nSPS) is 12.7. The van der Waals surface area contributed by atoms with E-state index in [0.29, 0.717) is 19.3 Å². The van der Waals surface area contributed by atoms with Crippen molar-refractivity contribution in [3.8, 4) is 0 Å². The highest BCUT2D eigenvalue weighted by atomic mass is 16.6. The summed E-state index contributed by atoms with van der Waals surface area (Å²) in [5.74, 6) is -0.990. The maximum atomic E-state index is 12.6. The summed E-state index contributed by atoms with van der Waals surface area (Å²) in [6.07, 6.45) is 50.6. The van der Waals surface area contributed by atoms with Crippen LogP contribution >= 0.6 is 0 Å². The van der Waals surface area contributed by atoms with Crippen molar-refractivity contribution < 1.29 is 28.6 Å². The second kappa shape index (κ2) is 41.6. The van der Waals surface area contributed by atoms with Gasteiger partial charge in [0.15, 0.2) is 6.10 Å². The number of ether oxygens (including phenoxy) is 3. The van der Waals surface area contributed by atoms with Crippen molar-refractivity contribution in [3.63, 3.8) is 0 Å². The van der Waals surface area contributed by atoms with Crippen LogP contribution in [0, 0.1) is 0 Å². The smallest absolute Gasteiger partial charge is 0.306 e. The molecule has 6 heteroatoms. The zero-order valence-electron chi connectivity index (χ0n) is 34.3. The Labute approximate surface area is 325 Å². The van der Waals surface area contributed by atoms with Gasteiger partial charge in [-0.1, -0.05) is 158 Å². The van der Waals surface area contributed by atoms with Gasteiger partial charge in [0.25, 0.3) is 0 Å². The van der Waals surface area contributed by atoms with Crippen LogP contribution in [0.1, 0.15) is 188 Å². The first-order valence-corrected chi connectivity index (χ1v) is 21.4. The Bertz CT molecular complexity index is 1030. The summed E-state index contributed by atoms with van der Waals surface area (Å²) in [5, 5.41) is 0. The van der Waals surface area contributed by atoms with Crippen LogP contribution in [0.2, 0.25) is 0 Å². The Hall–Kier alpha value is -3.15. The van der Waals surface area contributed by atoms with Crippen LogP contribution in [0.3, 0.4) is 0 Å². The second-order valence-electron chi connectivity index (χ2n) is 13.9. The molecule has 0 aromatic heterocycles. The summed E-state index contributed by atoms with van der Waals surface area (Å²) in [6.45, 7) is 6.34. The van der Waals surface area contributed by atoms with Crippen LogP contribution in [0.15, 0.2) is 72.9 Å². The van der Waals surface area contributed by atoms with Crippen LogP contribution in [0.25, 0.3) is 0 Å². The first-order chi connectivity index (χ1) is 26.0. The Morgan fingerprint density at radius 2 is 0.755 bits per heavy atom. The van der Waals surface area contributed by atoms with Crippen LogP contribution in [-0.4, -0.2) is 37.2 Å². The van der Waals surface area contributed by atoms with Gasteiger partial charge in [0.2, 0.25) is 0 Å². The van der Waals surface area contributed by atoms with Gasteiger partial charge in [0, 0.05) is 19.3 Å². The molecule has 0 aromatic rings. The maximum Gasteiger partial charge on any atom is 0.306 e. The number of carbonyl (C=O) groups is 3. The van der Waals surface area contributed by atoms with Crippen molar-refractivity contribution >= 4 is 17.9 Å². The fourth-order valence-corrected chi connectivity index (χ4v) is 5.47. The molecule has 0 heterocycles. The number of hydrogen-bond acceptors (Lipinski definition) is 6. The molecule has 0 aromatic carbocycles. The third-order valence-electron chi connectivity index (χ3n) is 8.70. The van der Waals surface area contributed by atoms with Gasteiger partial charge in [-0.05, 0) is 83.5 Å². The highest BCUT2D eigenvalue weighted by Gasteiger charge is 2.19. The fourth-order valence-electron chi connectivity index (χ4n) is 5.47. The number of unbranched alkanes of at least 4 members (excludes halogenated alkanes) is 14. The summed E-state index contributed by atoms with van der Waals surface area (Å²) in [4.78, 5) is 37.4. The number of allylic oxidation sites excluding steroid dienone is 12. The molecule has 0 aliphatic carbocycles. The van der Waals surface area contributed by atoms with E-state index >= 15 is 0 Å². The average molecular weight is 739 g/mol. The predicted molar refractivity (Wildman–Crippen MR) is 224 cm³/mol. The molecule has 0 spiro atoms. The molecule has 0 rings (SSSR count). The van der Waals surface area contributed by atoms with E-state index in [-0.39, 0.29) is 37.5 Å². The quantitative estimate of drug-likeness (QED) is 0.0273. The molecule has 0 N–H and O–H groups in total. The Morgan fingerprint density at radius 1 is 0.396 bits per heavy atom. The van der Waals surface area contributed by atoms with E-state index in [1.807, 2.05) is 0 Å². The molecule has 0 aliphatic heterocycles. The van der Waals surface area contributed by atoms with Gasteiger partial charge in [0.05, 0.1) is 0 Å². The summed E-state index contributed by atoms with van der Waals surface area (Å²) in [5.41, 5.74) is 0. The van der Waals surface area contributed by atoms with Gasteiger partial charge >= 0.3 is 17.9 Å². The van der Waals surface area contributed by atoms with Crippen LogP contribution in [-0.2, 0) is 28.6 Å². The van der Waals surface area contributed by atoms with E-state index < -0.39 is 6.10 Å². The van der Waals surface area contributed by atoms with Crippen molar-refractivity contribution in [2.75, 3.05) is 13.2 Å². The van der Waals surface area contributed by atoms with Gasteiger partial charge in [-0.3, -0.25) is 14.4 Å². The minimum Gasteiger partial charge on any atom is -0.462 e. The molecule has 0 fully saturated rings. The zero-order valence-corrected chi connectivity index (χ0v) is 34.3. The summed E-state index contributed by atoms with van der Waals surface area (Å²) >= 11 is 0. The molecular formula is C47H78O6. The van der Waals surface area contributed by atoms with Gasteiger partial charge < -0.3 is 14.2 Å². The SMILES string of the molecule is CC/C=C\C/C=C\C/C=C\C/C=C\C/C=C\CCCC(=O)OCC(COC(=O)CCCCCCC)OC(=O)CCCCCCC/C=C\CCCCCC. The van der Waals surface area contributed by atoms with E-state index in [1.54, 1.807) is 0 Å². The fraction of sp³-hybridized carbons (Fsp3) is 0.681. The lowest BCUT2D eigenvalue weighted by Gasteiger charge is -2.18. The van der Waals surface area contributed by atoms with Gasteiger partial charge in [-0.2, -0.15) is 0 Å². The lowest BCUT2D eigenvalue weighted by Crippen LogP contribution is -2.30. The van der Waals surface area contributed by atoms with Crippen molar-refractivity contribution in [3.05, 3.63) is 72.9 Å². The first-order valence-electron chi connectivity index (χ1n) is 21.4. The van der Waals surface area contributed by atoms with Crippen molar-refractivity contribution in [2.45, 2.75) is 194 Å². The summed E-state index contributed by atoms with van der Waals surface area (Å²) in [6, 6.07) is 0. The summed E-state index contributed by atoms with van der Waals surface area (Å²) in [7, 11) is 0. The zero-order chi connectivity index (χ0) is 38.7. The number of esters is 3. The lowest BCUT2D eigenvalue weighted by atomic mass is 10.1. The van der Waals surface area contributed by atoms with Crippen molar-refractivity contribution in [2.24, 2.45) is 0 Å². The van der Waals surface area contributed by atoms with Gasteiger partial charge in [0.1, 0.15) is 13.2 Å².